The Morgan fingerprint density at radius 1 is 1.08 bits per heavy atom. The van der Waals surface area contributed by atoms with Crippen molar-refractivity contribution in [2.24, 2.45) is 5.92 Å². The van der Waals surface area contributed by atoms with Crippen molar-refractivity contribution < 1.29 is 0 Å². The van der Waals surface area contributed by atoms with Crippen molar-refractivity contribution in [3.63, 3.8) is 0 Å². The van der Waals surface area contributed by atoms with Crippen molar-refractivity contribution in [1.29, 1.82) is 0 Å². The summed E-state index contributed by atoms with van der Waals surface area (Å²) in [5, 5.41) is 3.63. The van der Waals surface area contributed by atoms with Gasteiger partial charge in [0.05, 0.1) is 0 Å². The van der Waals surface area contributed by atoms with Gasteiger partial charge < -0.3 is 5.32 Å². The summed E-state index contributed by atoms with van der Waals surface area (Å²) >= 11 is 0. The highest BCUT2D eigenvalue weighted by Gasteiger charge is 2.23. The van der Waals surface area contributed by atoms with Crippen LogP contribution in [-0.2, 0) is 0 Å². The van der Waals surface area contributed by atoms with Crippen LogP contribution in [0.2, 0.25) is 0 Å². The van der Waals surface area contributed by atoms with Gasteiger partial charge >= 0.3 is 0 Å². The van der Waals surface area contributed by atoms with Crippen molar-refractivity contribution in [2.45, 2.75) is 64.8 Å². The molecule has 0 amide bonds. The highest BCUT2D eigenvalue weighted by molar-refractivity contribution is 4.81. The Morgan fingerprint density at radius 2 is 1.77 bits per heavy atom. The van der Waals surface area contributed by atoms with Crippen LogP contribution in [-0.4, -0.2) is 12.6 Å². The van der Waals surface area contributed by atoms with Crippen LogP contribution in [0.5, 0.6) is 0 Å². The van der Waals surface area contributed by atoms with Gasteiger partial charge in [0, 0.05) is 6.04 Å². The number of hydrogen-bond donors (Lipinski definition) is 1. The molecule has 0 aliphatic heterocycles. The van der Waals surface area contributed by atoms with Gasteiger partial charge in [-0.1, -0.05) is 39.5 Å². The molecule has 0 unspecified atom stereocenters. The second-order valence-corrected chi connectivity index (χ2v) is 4.64. The fourth-order valence-corrected chi connectivity index (χ4v) is 2.10. The minimum Gasteiger partial charge on any atom is -0.314 e. The van der Waals surface area contributed by atoms with Crippen LogP contribution >= 0.6 is 0 Å². The Labute approximate surface area is 83.3 Å². The minimum atomic E-state index is 0.862. The van der Waals surface area contributed by atoms with E-state index >= 15 is 0 Å². The molecule has 1 aliphatic rings. The second-order valence-electron chi connectivity index (χ2n) is 4.64. The lowest BCUT2D eigenvalue weighted by atomic mass is 9.82. The van der Waals surface area contributed by atoms with Crippen molar-refractivity contribution in [1.82, 2.24) is 5.32 Å². The normalized spacial score (nSPS) is 27.2. The van der Waals surface area contributed by atoms with E-state index in [2.05, 4.69) is 19.2 Å². The van der Waals surface area contributed by atoms with Gasteiger partial charge in [-0.25, -0.2) is 0 Å². The molecule has 0 aromatic rings. The average molecular weight is 183 g/mol. The summed E-state index contributed by atoms with van der Waals surface area (Å²) in [6, 6.07) is 0.862. The molecule has 13 heavy (non-hydrogen) atoms. The molecule has 1 saturated carbocycles. The summed E-state index contributed by atoms with van der Waals surface area (Å²) < 4.78 is 0. The van der Waals surface area contributed by atoms with E-state index in [0.717, 1.165) is 12.0 Å². The number of nitrogens with one attached hydrogen (secondary N) is 1. The van der Waals surface area contributed by atoms with E-state index in [-0.39, 0.29) is 0 Å². The molecular weight excluding hydrogens is 158 g/mol. The van der Waals surface area contributed by atoms with Gasteiger partial charge in [-0.15, -0.1) is 0 Å². The van der Waals surface area contributed by atoms with Crippen LogP contribution in [0.1, 0.15) is 58.8 Å². The lowest BCUT2D eigenvalue weighted by molar-refractivity contribution is 0.241. The molecule has 0 radical (unpaired) electrons. The van der Waals surface area contributed by atoms with Crippen LogP contribution in [0.15, 0.2) is 0 Å². The van der Waals surface area contributed by atoms with Crippen LogP contribution in [0.25, 0.3) is 0 Å². The Balaban J connectivity index is 1.74. The highest BCUT2D eigenvalue weighted by Crippen LogP contribution is 2.26. The molecule has 1 rings (SSSR count). The van der Waals surface area contributed by atoms with Crippen molar-refractivity contribution in [3.8, 4) is 0 Å². The third kappa shape index (κ3) is 4.66. The zero-order chi connectivity index (χ0) is 9.52. The molecule has 1 fully saturated rings. The van der Waals surface area contributed by atoms with E-state index in [1.54, 1.807) is 0 Å². The molecule has 1 heteroatoms. The molecule has 0 heterocycles. The van der Waals surface area contributed by atoms with Gasteiger partial charge in [-0.3, -0.25) is 0 Å². The van der Waals surface area contributed by atoms with Gasteiger partial charge in [0.25, 0.3) is 0 Å². The molecule has 78 valence electrons. The van der Waals surface area contributed by atoms with E-state index in [1.165, 1.54) is 51.5 Å². The molecule has 0 aromatic carbocycles. The summed E-state index contributed by atoms with van der Waals surface area (Å²) in [6.45, 7) is 5.87. The molecule has 1 aliphatic carbocycles. The Bertz CT molecular complexity index is 116. The first-order valence-electron chi connectivity index (χ1n) is 6.06. The average Bonchev–Trinajstić information content (AvgIpc) is 2.07. The standard InChI is InChI=1S/C12H25N/c1-3-4-5-6-7-8-13-12-9-11(2)10-12/h11-13H,3-10H2,1-2H3. The number of unbranched alkanes of at least 4 members (excludes halogenated alkanes) is 4. The molecule has 0 saturated heterocycles. The van der Waals surface area contributed by atoms with Crippen LogP contribution in [0, 0.1) is 5.92 Å². The third-order valence-electron chi connectivity index (χ3n) is 3.09. The van der Waals surface area contributed by atoms with Gasteiger partial charge in [0.1, 0.15) is 0 Å². The molecule has 0 aromatic heterocycles. The molecule has 0 bridgehead atoms. The Hall–Kier alpha value is -0.0400. The molecule has 1 nitrogen and oxygen atoms in total. The zero-order valence-corrected chi connectivity index (χ0v) is 9.31. The predicted molar refractivity (Wildman–Crippen MR) is 58.9 cm³/mol. The topological polar surface area (TPSA) is 12.0 Å². The number of hydrogen-bond acceptors (Lipinski definition) is 1. The van der Waals surface area contributed by atoms with E-state index in [4.69, 9.17) is 0 Å². The van der Waals surface area contributed by atoms with Gasteiger partial charge in [-0.05, 0) is 31.7 Å². The van der Waals surface area contributed by atoms with Crippen LogP contribution < -0.4 is 5.32 Å². The number of rotatable bonds is 7. The predicted octanol–water partition coefficient (Wildman–Crippen LogP) is 3.34. The van der Waals surface area contributed by atoms with Crippen molar-refractivity contribution in [2.75, 3.05) is 6.54 Å². The summed E-state index contributed by atoms with van der Waals surface area (Å²) in [7, 11) is 0. The quantitative estimate of drug-likeness (QED) is 0.597. The maximum atomic E-state index is 3.63. The maximum absolute atomic E-state index is 3.63. The monoisotopic (exact) mass is 183 g/mol. The largest absolute Gasteiger partial charge is 0.314 e. The first-order chi connectivity index (χ1) is 6.33. The van der Waals surface area contributed by atoms with E-state index in [0.29, 0.717) is 0 Å². The highest BCUT2D eigenvalue weighted by atomic mass is 14.9. The summed E-state index contributed by atoms with van der Waals surface area (Å²) in [5.74, 6) is 0.984. The molecule has 0 spiro atoms. The van der Waals surface area contributed by atoms with Gasteiger partial charge in [0.15, 0.2) is 0 Å². The van der Waals surface area contributed by atoms with Crippen LogP contribution in [0.3, 0.4) is 0 Å². The maximum Gasteiger partial charge on any atom is 0.00721 e. The fourth-order valence-electron chi connectivity index (χ4n) is 2.10. The van der Waals surface area contributed by atoms with Crippen molar-refractivity contribution in [3.05, 3.63) is 0 Å². The van der Waals surface area contributed by atoms with Gasteiger partial charge in [-0.2, -0.15) is 0 Å². The molecular formula is C12H25N. The smallest absolute Gasteiger partial charge is 0.00721 e. The Morgan fingerprint density at radius 3 is 2.38 bits per heavy atom. The summed E-state index contributed by atoms with van der Waals surface area (Å²) in [6.07, 6.45) is 9.82. The first-order valence-corrected chi connectivity index (χ1v) is 6.06. The van der Waals surface area contributed by atoms with Gasteiger partial charge in [0.2, 0.25) is 0 Å². The lowest BCUT2D eigenvalue weighted by Gasteiger charge is -2.33. The van der Waals surface area contributed by atoms with E-state index in [1.807, 2.05) is 0 Å². The fraction of sp³-hybridized carbons (Fsp3) is 1.00. The third-order valence-corrected chi connectivity index (χ3v) is 3.09. The van der Waals surface area contributed by atoms with Crippen LogP contribution in [0.4, 0.5) is 0 Å². The summed E-state index contributed by atoms with van der Waals surface area (Å²) in [4.78, 5) is 0. The minimum absolute atomic E-state index is 0.862. The van der Waals surface area contributed by atoms with E-state index in [9.17, 15) is 0 Å². The molecule has 1 N–H and O–H groups in total. The second kappa shape index (κ2) is 6.42. The first kappa shape index (κ1) is 11.0. The molecule has 0 atom stereocenters. The SMILES string of the molecule is CCCCCCCNC1CC(C)C1. The zero-order valence-electron chi connectivity index (χ0n) is 9.31. The van der Waals surface area contributed by atoms with E-state index < -0.39 is 0 Å². The lowest BCUT2D eigenvalue weighted by Crippen LogP contribution is -2.40. The van der Waals surface area contributed by atoms with Crippen molar-refractivity contribution >= 4 is 0 Å². The summed E-state index contributed by atoms with van der Waals surface area (Å²) in [5.41, 5.74) is 0. The Kier molecular flexibility index (Phi) is 5.45.